The minimum atomic E-state index is -0.290. The molecule has 2 atom stereocenters. The van der Waals surface area contributed by atoms with Gasteiger partial charge in [0.15, 0.2) is 0 Å². The van der Waals surface area contributed by atoms with Gasteiger partial charge in [-0.3, -0.25) is 4.79 Å². The van der Waals surface area contributed by atoms with E-state index in [9.17, 15) is 4.79 Å². The van der Waals surface area contributed by atoms with Crippen molar-refractivity contribution in [2.75, 3.05) is 20.6 Å². The number of carbonyl (C=O) groups excluding carboxylic acids is 1. The van der Waals surface area contributed by atoms with Crippen molar-refractivity contribution in [1.29, 1.82) is 0 Å². The summed E-state index contributed by atoms with van der Waals surface area (Å²) < 4.78 is 0. The van der Waals surface area contributed by atoms with E-state index in [0.29, 0.717) is 6.04 Å². The van der Waals surface area contributed by atoms with Crippen LogP contribution >= 0.6 is 0 Å². The van der Waals surface area contributed by atoms with E-state index < -0.39 is 0 Å². The number of piperidine rings is 1. The molecule has 69 valence electrons. The number of rotatable bonds is 2. The Morgan fingerprint density at radius 2 is 2.25 bits per heavy atom. The average Bonchev–Trinajstić information content (AvgIpc) is 2.04. The summed E-state index contributed by atoms with van der Waals surface area (Å²) in [4.78, 5) is 13.0. The number of nitrogens with zero attached hydrogens (tertiary/aromatic N) is 2. The maximum absolute atomic E-state index is 10.8. The van der Waals surface area contributed by atoms with Gasteiger partial charge >= 0.3 is 0 Å². The fraction of sp³-hybridized carbons (Fsp3) is 0.875. The number of hydrogen-bond donors (Lipinski definition) is 1. The summed E-state index contributed by atoms with van der Waals surface area (Å²) in [5.74, 6) is -0.290. The highest BCUT2D eigenvalue weighted by Crippen LogP contribution is 2.13. The third-order valence-electron chi connectivity index (χ3n) is 2.37. The van der Waals surface area contributed by atoms with Crippen LogP contribution < -0.4 is 11.1 Å². The van der Waals surface area contributed by atoms with Crippen molar-refractivity contribution in [2.24, 2.45) is 5.73 Å². The predicted molar refractivity (Wildman–Crippen MR) is 46.7 cm³/mol. The Balaban J connectivity index is 2.46. The maximum Gasteiger partial charge on any atom is 0.236 e. The zero-order chi connectivity index (χ0) is 9.14. The zero-order valence-electron chi connectivity index (χ0n) is 7.66. The Labute approximate surface area is 73.1 Å². The Morgan fingerprint density at radius 1 is 1.58 bits per heavy atom. The minimum absolute atomic E-state index is 0.258. The Kier molecular flexibility index (Phi) is 3.05. The number of primary amides is 1. The number of hydrogen-bond acceptors (Lipinski definition) is 2. The van der Waals surface area contributed by atoms with E-state index in [-0.39, 0.29) is 11.9 Å². The molecule has 1 radical (unpaired) electrons. The third kappa shape index (κ3) is 2.19. The summed E-state index contributed by atoms with van der Waals surface area (Å²) >= 11 is 0. The van der Waals surface area contributed by atoms with Crippen LogP contribution in [0.5, 0.6) is 0 Å². The van der Waals surface area contributed by atoms with Crippen molar-refractivity contribution in [3.63, 3.8) is 0 Å². The molecule has 0 aromatic rings. The lowest BCUT2D eigenvalue weighted by molar-refractivity contribution is -0.121. The van der Waals surface area contributed by atoms with Crippen LogP contribution in [-0.4, -0.2) is 43.5 Å². The molecule has 1 aliphatic heterocycles. The standard InChI is InChI=1S/C8H16N3O/c1-11(2)6-3-4-10-7(5-6)8(9)12/h6-7H,3-5H2,1-2H3,(H2,9,12). The third-order valence-corrected chi connectivity index (χ3v) is 2.37. The van der Waals surface area contributed by atoms with Crippen LogP contribution in [0.3, 0.4) is 0 Å². The second-order valence-electron chi connectivity index (χ2n) is 3.47. The second kappa shape index (κ2) is 3.87. The molecule has 4 nitrogen and oxygen atoms in total. The van der Waals surface area contributed by atoms with Gasteiger partial charge in [0.05, 0.1) is 0 Å². The van der Waals surface area contributed by atoms with Crippen LogP contribution in [0.1, 0.15) is 12.8 Å². The summed E-state index contributed by atoms with van der Waals surface area (Å²) in [5.41, 5.74) is 5.18. The molecule has 1 fully saturated rings. The molecule has 1 amide bonds. The highest BCUT2D eigenvalue weighted by Gasteiger charge is 2.26. The van der Waals surface area contributed by atoms with Crippen LogP contribution in [0.15, 0.2) is 0 Å². The first-order chi connectivity index (χ1) is 5.61. The van der Waals surface area contributed by atoms with Crippen molar-refractivity contribution in [3.8, 4) is 0 Å². The SMILES string of the molecule is CN(C)C1CC[N]C(C(N)=O)C1. The van der Waals surface area contributed by atoms with E-state index in [1.54, 1.807) is 0 Å². The molecule has 0 saturated carbocycles. The van der Waals surface area contributed by atoms with Crippen LogP contribution in [0.4, 0.5) is 0 Å². The normalized spacial score (nSPS) is 30.6. The molecule has 12 heavy (non-hydrogen) atoms. The molecule has 1 heterocycles. The summed E-state index contributed by atoms with van der Waals surface area (Å²) in [5, 5.41) is 4.16. The van der Waals surface area contributed by atoms with Gasteiger partial charge in [-0.1, -0.05) is 0 Å². The maximum atomic E-state index is 10.8. The van der Waals surface area contributed by atoms with Gasteiger partial charge in [0.25, 0.3) is 0 Å². The Bertz CT molecular complexity index is 170. The average molecular weight is 170 g/mol. The topological polar surface area (TPSA) is 60.4 Å². The quantitative estimate of drug-likeness (QED) is 0.588. The van der Waals surface area contributed by atoms with Crippen molar-refractivity contribution >= 4 is 5.91 Å². The zero-order valence-corrected chi connectivity index (χ0v) is 7.66. The fourth-order valence-corrected chi connectivity index (χ4v) is 1.50. The predicted octanol–water partition coefficient (Wildman–Crippen LogP) is -0.831. The molecule has 4 heteroatoms. The molecule has 2 N–H and O–H groups in total. The van der Waals surface area contributed by atoms with Gasteiger partial charge in [-0.05, 0) is 26.9 Å². The van der Waals surface area contributed by atoms with E-state index in [0.717, 1.165) is 19.4 Å². The van der Waals surface area contributed by atoms with E-state index >= 15 is 0 Å². The molecule has 0 spiro atoms. The van der Waals surface area contributed by atoms with Gasteiger partial charge in [0, 0.05) is 12.6 Å². The van der Waals surface area contributed by atoms with Gasteiger partial charge in [-0.15, -0.1) is 0 Å². The molecule has 0 bridgehead atoms. The summed E-state index contributed by atoms with van der Waals surface area (Å²) in [7, 11) is 4.04. The molecule has 1 aliphatic rings. The molecule has 2 unspecified atom stereocenters. The van der Waals surface area contributed by atoms with Crippen molar-refractivity contribution in [3.05, 3.63) is 0 Å². The van der Waals surface area contributed by atoms with Gasteiger partial charge in [-0.2, -0.15) is 0 Å². The highest BCUT2D eigenvalue weighted by atomic mass is 16.1. The van der Waals surface area contributed by atoms with Crippen molar-refractivity contribution in [1.82, 2.24) is 10.2 Å². The summed E-state index contributed by atoms with van der Waals surface area (Å²) in [6.07, 6.45) is 1.82. The first-order valence-electron chi connectivity index (χ1n) is 4.23. The van der Waals surface area contributed by atoms with Crippen LogP contribution in [0.2, 0.25) is 0 Å². The fourth-order valence-electron chi connectivity index (χ4n) is 1.50. The molecule has 0 aliphatic carbocycles. The first-order valence-corrected chi connectivity index (χ1v) is 4.23. The lowest BCUT2D eigenvalue weighted by atomic mass is 9.98. The molecule has 1 saturated heterocycles. The van der Waals surface area contributed by atoms with Crippen LogP contribution in [0, 0.1) is 0 Å². The van der Waals surface area contributed by atoms with Gasteiger partial charge in [0.2, 0.25) is 5.91 Å². The molecular weight excluding hydrogens is 154 g/mol. The van der Waals surface area contributed by atoms with Crippen molar-refractivity contribution in [2.45, 2.75) is 24.9 Å². The molecule has 0 aromatic carbocycles. The van der Waals surface area contributed by atoms with Gasteiger partial charge in [0.1, 0.15) is 6.04 Å². The number of amides is 1. The van der Waals surface area contributed by atoms with Crippen LogP contribution in [0.25, 0.3) is 0 Å². The minimum Gasteiger partial charge on any atom is -0.368 e. The van der Waals surface area contributed by atoms with E-state index in [4.69, 9.17) is 5.73 Å². The van der Waals surface area contributed by atoms with E-state index in [1.807, 2.05) is 14.1 Å². The smallest absolute Gasteiger partial charge is 0.236 e. The van der Waals surface area contributed by atoms with Crippen LogP contribution in [-0.2, 0) is 4.79 Å². The summed E-state index contributed by atoms with van der Waals surface area (Å²) in [6.45, 7) is 0.760. The van der Waals surface area contributed by atoms with Gasteiger partial charge in [-0.25, -0.2) is 5.32 Å². The molecule has 0 aromatic heterocycles. The lowest BCUT2D eigenvalue weighted by Crippen LogP contribution is -2.47. The number of carbonyl (C=O) groups is 1. The summed E-state index contributed by atoms with van der Waals surface area (Å²) in [6, 6.07) is 0.200. The molecule has 1 rings (SSSR count). The Morgan fingerprint density at radius 3 is 2.75 bits per heavy atom. The monoisotopic (exact) mass is 170 g/mol. The van der Waals surface area contributed by atoms with E-state index in [2.05, 4.69) is 10.2 Å². The number of nitrogens with two attached hydrogens (primary N) is 1. The Hall–Kier alpha value is -0.610. The van der Waals surface area contributed by atoms with Gasteiger partial charge < -0.3 is 10.6 Å². The van der Waals surface area contributed by atoms with E-state index in [1.165, 1.54) is 0 Å². The first kappa shape index (κ1) is 9.48. The largest absolute Gasteiger partial charge is 0.368 e. The highest BCUT2D eigenvalue weighted by molar-refractivity contribution is 5.79. The lowest BCUT2D eigenvalue weighted by Gasteiger charge is -2.31. The second-order valence-corrected chi connectivity index (χ2v) is 3.47. The van der Waals surface area contributed by atoms with Crippen molar-refractivity contribution < 1.29 is 4.79 Å². The molecular formula is C8H16N3O.